The minimum atomic E-state index is 0.162. The summed E-state index contributed by atoms with van der Waals surface area (Å²) in [6, 6.07) is 20.2. The van der Waals surface area contributed by atoms with Gasteiger partial charge < -0.3 is 14.2 Å². The Hall–Kier alpha value is -2.84. The normalized spacial score (nSPS) is 14.4. The zero-order chi connectivity index (χ0) is 24.5. The standard InChI is InChI=1S/C27H35N5O2S/c1-22(2)13-14-32-25(20-34-24-11-7-4-8-12-24)28-29-27(32)35-21-26(33)31-17-15-30(16-18-31)19-23-9-5-3-6-10-23/h3-12,22H,13-21H2,1-2H3. The van der Waals surface area contributed by atoms with Gasteiger partial charge in [0.15, 0.2) is 11.0 Å². The van der Waals surface area contributed by atoms with Crippen molar-refractivity contribution in [3.05, 3.63) is 72.1 Å². The van der Waals surface area contributed by atoms with Crippen LogP contribution in [0.15, 0.2) is 65.8 Å². The van der Waals surface area contributed by atoms with Crippen LogP contribution in [0.3, 0.4) is 0 Å². The van der Waals surface area contributed by atoms with Gasteiger partial charge in [-0.1, -0.05) is 74.1 Å². The first-order valence-corrected chi connectivity index (χ1v) is 13.3. The van der Waals surface area contributed by atoms with Gasteiger partial charge in [-0.15, -0.1) is 10.2 Å². The van der Waals surface area contributed by atoms with Gasteiger partial charge in [0.05, 0.1) is 5.75 Å². The molecular weight excluding hydrogens is 458 g/mol. The topological polar surface area (TPSA) is 63.5 Å². The number of piperazine rings is 1. The Balaban J connectivity index is 1.30. The molecule has 0 spiro atoms. The number of carbonyl (C=O) groups is 1. The maximum atomic E-state index is 12.9. The van der Waals surface area contributed by atoms with Gasteiger partial charge >= 0.3 is 0 Å². The summed E-state index contributed by atoms with van der Waals surface area (Å²) in [6.45, 7) is 9.85. The van der Waals surface area contributed by atoms with E-state index in [1.807, 2.05) is 41.3 Å². The minimum absolute atomic E-state index is 0.162. The molecule has 2 heterocycles. The number of para-hydroxylation sites is 1. The Morgan fingerprint density at radius 1 is 0.971 bits per heavy atom. The molecule has 0 N–H and O–H groups in total. The van der Waals surface area contributed by atoms with E-state index in [1.165, 1.54) is 17.3 Å². The van der Waals surface area contributed by atoms with Crippen molar-refractivity contribution in [1.29, 1.82) is 0 Å². The zero-order valence-corrected chi connectivity index (χ0v) is 21.5. The number of nitrogens with zero attached hydrogens (tertiary/aromatic N) is 5. The number of ether oxygens (including phenoxy) is 1. The van der Waals surface area contributed by atoms with E-state index >= 15 is 0 Å². The third kappa shape index (κ3) is 7.57. The SMILES string of the molecule is CC(C)CCn1c(COc2ccccc2)nnc1SCC(=O)N1CCN(Cc2ccccc2)CC1. The number of hydrogen-bond acceptors (Lipinski definition) is 6. The summed E-state index contributed by atoms with van der Waals surface area (Å²) >= 11 is 1.48. The lowest BCUT2D eigenvalue weighted by Crippen LogP contribution is -2.48. The van der Waals surface area contributed by atoms with E-state index in [-0.39, 0.29) is 5.91 Å². The molecule has 4 rings (SSSR count). The summed E-state index contributed by atoms with van der Waals surface area (Å²) in [6.07, 6.45) is 1.02. The van der Waals surface area contributed by atoms with Crippen molar-refractivity contribution in [2.24, 2.45) is 5.92 Å². The molecule has 0 atom stereocenters. The first-order valence-electron chi connectivity index (χ1n) is 12.4. The van der Waals surface area contributed by atoms with Crippen molar-refractivity contribution in [1.82, 2.24) is 24.6 Å². The largest absolute Gasteiger partial charge is 0.486 e. The maximum absolute atomic E-state index is 12.9. The van der Waals surface area contributed by atoms with E-state index < -0.39 is 0 Å². The average molecular weight is 494 g/mol. The summed E-state index contributed by atoms with van der Waals surface area (Å²) in [5, 5.41) is 9.57. The molecule has 1 aliphatic rings. The van der Waals surface area contributed by atoms with Crippen LogP contribution in [0.5, 0.6) is 5.75 Å². The Labute approximate surface area is 212 Å². The Morgan fingerprint density at radius 3 is 2.34 bits per heavy atom. The number of benzene rings is 2. The molecule has 0 saturated carbocycles. The third-order valence-corrected chi connectivity index (χ3v) is 7.08. The van der Waals surface area contributed by atoms with Gasteiger partial charge in [0.25, 0.3) is 0 Å². The molecule has 0 radical (unpaired) electrons. The lowest BCUT2D eigenvalue weighted by molar-refractivity contribution is -0.130. The second-order valence-corrected chi connectivity index (χ2v) is 10.2. The highest BCUT2D eigenvalue weighted by Crippen LogP contribution is 2.21. The summed E-state index contributed by atoms with van der Waals surface area (Å²) < 4.78 is 8.02. The lowest BCUT2D eigenvalue weighted by atomic mass is 10.1. The number of hydrogen-bond donors (Lipinski definition) is 0. The van der Waals surface area contributed by atoms with Gasteiger partial charge in [-0.3, -0.25) is 9.69 Å². The van der Waals surface area contributed by atoms with Crippen molar-refractivity contribution < 1.29 is 9.53 Å². The van der Waals surface area contributed by atoms with Gasteiger partial charge in [-0.05, 0) is 30.0 Å². The number of rotatable bonds is 11. The van der Waals surface area contributed by atoms with Crippen molar-refractivity contribution in [3.63, 3.8) is 0 Å². The Kier molecular flexibility index (Phi) is 9.20. The van der Waals surface area contributed by atoms with Crippen molar-refractivity contribution >= 4 is 17.7 Å². The fourth-order valence-corrected chi connectivity index (χ4v) is 4.91. The van der Waals surface area contributed by atoms with Gasteiger partial charge in [-0.2, -0.15) is 0 Å². The predicted octanol–water partition coefficient (Wildman–Crippen LogP) is 4.34. The molecule has 35 heavy (non-hydrogen) atoms. The number of thioether (sulfide) groups is 1. The monoisotopic (exact) mass is 493 g/mol. The van der Waals surface area contributed by atoms with E-state index in [4.69, 9.17) is 4.74 Å². The van der Waals surface area contributed by atoms with Crippen LogP contribution in [0.1, 0.15) is 31.7 Å². The molecule has 1 fully saturated rings. The predicted molar refractivity (Wildman–Crippen MR) is 139 cm³/mol. The van der Waals surface area contributed by atoms with Crippen molar-refractivity contribution in [3.8, 4) is 5.75 Å². The molecule has 1 aliphatic heterocycles. The molecule has 1 aromatic heterocycles. The molecule has 2 aromatic carbocycles. The van der Waals surface area contributed by atoms with E-state index in [9.17, 15) is 4.79 Å². The molecule has 0 unspecified atom stereocenters. The van der Waals surface area contributed by atoms with Crippen LogP contribution < -0.4 is 4.74 Å². The van der Waals surface area contributed by atoms with E-state index in [1.54, 1.807) is 0 Å². The minimum Gasteiger partial charge on any atom is -0.486 e. The highest BCUT2D eigenvalue weighted by molar-refractivity contribution is 7.99. The lowest BCUT2D eigenvalue weighted by Gasteiger charge is -2.34. The maximum Gasteiger partial charge on any atom is 0.233 e. The number of amides is 1. The van der Waals surface area contributed by atoms with Gasteiger partial charge in [-0.25, -0.2) is 0 Å². The van der Waals surface area contributed by atoms with E-state index in [0.717, 1.165) is 62.4 Å². The van der Waals surface area contributed by atoms with Crippen LogP contribution in [0.2, 0.25) is 0 Å². The molecule has 0 aliphatic carbocycles. The Morgan fingerprint density at radius 2 is 1.66 bits per heavy atom. The molecule has 0 bridgehead atoms. The third-order valence-electron chi connectivity index (χ3n) is 6.13. The summed E-state index contributed by atoms with van der Waals surface area (Å²) in [4.78, 5) is 17.3. The Bertz CT molecular complexity index is 1050. The first-order chi connectivity index (χ1) is 17.1. The van der Waals surface area contributed by atoms with Crippen LogP contribution in [0, 0.1) is 5.92 Å². The van der Waals surface area contributed by atoms with Crippen LogP contribution in [-0.2, 0) is 24.5 Å². The quantitative estimate of drug-likeness (QED) is 0.370. The molecule has 1 amide bonds. The molecule has 3 aromatic rings. The number of carbonyl (C=O) groups excluding carboxylic acids is 1. The number of aromatic nitrogens is 3. The summed E-state index contributed by atoms with van der Waals surface area (Å²) in [7, 11) is 0. The van der Waals surface area contributed by atoms with Gasteiger partial charge in [0.2, 0.25) is 5.91 Å². The van der Waals surface area contributed by atoms with Crippen LogP contribution in [0.25, 0.3) is 0 Å². The highest BCUT2D eigenvalue weighted by atomic mass is 32.2. The fourth-order valence-electron chi connectivity index (χ4n) is 4.02. The van der Waals surface area contributed by atoms with Crippen LogP contribution in [0.4, 0.5) is 0 Å². The van der Waals surface area contributed by atoms with Crippen LogP contribution >= 0.6 is 11.8 Å². The van der Waals surface area contributed by atoms with Crippen LogP contribution in [-0.4, -0.2) is 62.4 Å². The second kappa shape index (κ2) is 12.7. The highest BCUT2D eigenvalue weighted by Gasteiger charge is 2.22. The molecule has 1 saturated heterocycles. The van der Waals surface area contributed by atoms with E-state index in [0.29, 0.717) is 18.3 Å². The zero-order valence-electron chi connectivity index (χ0n) is 20.7. The molecule has 8 heteroatoms. The smallest absolute Gasteiger partial charge is 0.233 e. The summed E-state index contributed by atoms with van der Waals surface area (Å²) in [5.41, 5.74) is 1.32. The van der Waals surface area contributed by atoms with Gasteiger partial charge in [0.1, 0.15) is 12.4 Å². The molecule has 186 valence electrons. The van der Waals surface area contributed by atoms with Crippen molar-refractivity contribution in [2.45, 2.75) is 45.1 Å². The first kappa shape index (κ1) is 25.3. The average Bonchev–Trinajstić information content (AvgIpc) is 3.28. The van der Waals surface area contributed by atoms with Crippen molar-refractivity contribution in [2.75, 3.05) is 31.9 Å². The summed E-state index contributed by atoms with van der Waals surface area (Å²) in [5.74, 6) is 2.69. The molecular formula is C27H35N5O2S. The van der Waals surface area contributed by atoms with Gasteiger partial charge in [0, 0.05) is 39.3 Å². The molecule has 7 nitrogen and oxygen atoms in total. The fraction of sp³-hybridized carbons (Fsp3) is 0.444. The second-order valence-electron chi connectivity index (χ2n) is 9.27. The van der Waals surface area contributed by atoms with E-state index in [2.05, 4.69) is 57.8 Å².